The van der Waals surface area contributed by atoms with Crippen LogP contribution in [0, 0.1) is 12.8 Å². The van der Waals surface area contributed by atoms with Crippen molar-refractivity contribution in [2.24, 2.45) is 5.92 Å². The molecule has 1 fully saturated rings. The number of aromatic nitrogens is 1. The van der Waals surface area contributed by atoms with E-state index >= 15 is 0 Å². The molecule has 2 unspecified atom stereocenters. The van der Waals surface area contributed by atoms with Crippen molar-refractivity contribution in [3.63, 3.8) is 0 Å². The molecule has 1 aromatic heterocycles. The van der Waals surface area contributed by atoms with Crippen LogP contribution in [0.1, 0.15) is 43.4 Å². The van der Waals surface area contributed by atoms with Crippen molar-refractivity contribution in [2.75, 3.05) is 13.2 Å². The van der Waals surface area contributed by atoms with Gasteiger partial charge in [0.2, 0.25) is 0 Å². The number of ether oxygens (including phenoxy) is 1. The SMILES string of the molecule is Cc1csc(C(NC(C)C)C2CCCOC2)n1. The molecular weight excluding hydrogens is 232 g/mol. The van der Waals surface area contributed by atoms with Gasteiger partial charge in [0, 0.05) is 29.6 Å². The van der Waals surface area contributed by atoms with E-state index < -0.39 is 0 Å². The highest BCUT2D eigenvalue weighted by Gasteiger charge is 2.28. The van der Waals surface area contributed by atoms with Gasteiger partial charge in [-0.25, -0.2) is 4.98 Å². The fourth-order valence-corrected chi connectivity index (χ4v) is 3.26. The van der Waals surface area contributed by atoms with Crippen molar-refractivity contribution < 1.29 is 4.74 Å². The standard InChI is InChI=1S/C13H22N2OS/c1-9(2)14-12(11-5-4-6-16-7-11)13-15-10(3)8-17-13/h8-9,11-12,14H,4-7H2,1-3H3. The fourth-order valence-electron chi connectivity index (χ4n) is 2.31. The maximum Gasteiger partial charge on any atom is 0.110 e. The van der Waals surface area contributed by atoms with Crippen LogP contribution in [-0.2, 0) is 4.74 Å². The summed E-state index contributed by atoms with van der Waals surface area (Å²) in [7, 11) is 0. The van der Waals surface area contributed by atoms with E-state index in [-0.39, 0.29) is 0 Å². The van der Waals surface area contributed by atoms with Crippen LogP contribution in [0.3, 0.4) is 0 Å². The van der Waals surface area contributed by atoms with Gasteiger partial charge in [-0.15, -0.1) is 11.3 Å². The summed E-state index contributed by atoms with van der Waals surface area (Å²) in [6.45, 7) is 8.23. The highest BCUT2D eigenvalue weighted by atomic mass is 32.1. The average Bonchev–Trinajstić information content (AvgIpc) is 2.73. The number of aryl methyl sites for hydroxylation is 1. The van der Waals surface area contributed by atoms with E-state index in [1.54, 1.807) is 11.3 Å². The Balaban J connectivity index is 2.11. The van der Waals surface area contributed by atoms with Crippen LogP contribution >= 0.6 is 11.3 Å². The predicted octanol–water partition coefficient (Wildman–Crippen LogP) is 2.92. The van der Waals surface area contributed by atoms with Crippen LogP contribution in [0.15, 0.2) is 5.38 Å². The van der Waals surface area contributed by atoms with Crippen LogP contribution in [0.4, 0.5) is 0 Å². The normalized spacial score (nSPS) is 22.9. The van der Waals surface area contributed by atoms with Crippen LogP contribution in [-0.4, -0.2) is 24.2 Å². The summed E-state index contributed by atoms with van der Waals surface area (Å²) in [4.78, 5) is 4.64. The molecule has 0 bridgehead atoms. The quantitative estimate of drug-likeness (QED) is 0.897. The summed E-state index contributed by atoms with van der Waals surface area (Å²) in [5.74, 6) is 0.566. The summed E-state index contributed by atoms with van der Waals surface area (Å²) in [6, 6.07) is 0.833. The third kappa shape index (κ3) is 3.50. The van der Waals surface area contributed by atoms with Crippen molar-refractivity contribution in [1.82, 2.24) is 10.3 Å². The Bertz CT molecular complexity index is 345. The smallest absolute Gasteiger partial charge is 0.110 e. The highest BCUT2D eigenvalue weighted by molar-refractivity contribution is 7.09. The van der Waals surface area contributed by atoms with Gasteiger partial charge in [0.15, 0.2) is 0 Å². The molecule has 1 aliphatic rings. The number of thiazole rings is 1. The Kier molecular flexibility index (Phi) is 4.54. The second kappa shape index (κ2) is 5.94. The Morgan fingerprint density at radius 2 is 2.35 bits per heavy atom. The van der Waals surface area contributed by atoms with Gasteiger partial charge in [-0.1, -0.05) is 13.8 Å². The molecule has 0 saturated carbocycles. The third-order valence-corrected chi connectivity index (χ3v) is 4.13. The minimum atomic E-state index is 0.356. The number of hydrogen-bond acceptors (Lipinski definition) is 4. The van der Waals surface area contributed by atoms with E-state index in [1.165, 1.54) is 17.8 Å². The molecule has 3 nitrogen and oxygen atoms in total. The van der Waals surface area contributed by atoms with E-state index in [2.05, 4.69) is 36.5 Å². The summed E-state index contributed by atoms with van der Waals surface area (Å²) < 4.78 is 5.61. The fraction of sp³-hybridized carbons (Fsp3) is 0.769. The van der Waals surface area contributed by atoms with Gasteiger partial charge in [-0.2, -0.15) is 0 Å². The Labute approximate surface area is 108 Å². The Morgan fingerprint density at radius 1 is 1.53 bits per heavy atom. The molecule has 2 atom stereocenters. The van der Waals surface area contributed by atoms with Gasteiger partial charge in [-0.05, 0) is 19.8 Å². The molecule has 1 aromatic rings. The predicted molar refractivity (Wildman–Crippen MR) is 71.4 cm³/mol. The first-order valence-electron chi connectivity index (χ1n) is 6.42. The van der Waals surface area contributed by atoms with E-state index in [0.29, 0.717) is 18.0 Å². The lowest BCUT2D eigenvalue weighted by atomic mass is 9.93. The largest absolute Gasteiger partial charge is 0.381 e. The molecule has 2 heterocycles. The van der Waals surface area contributed by atoms with Crippen molar-refractivity contribution >= 4 is 11.3 Å². The molecule has 0 amide bonds. The maximum absolute atomic E-state index is 5.61. The first kappa shape index (κ1) is 13.0. The summed E-state index contributed by atoms with van der Waals surface area (Å²) in [5, 5.41) is 6.99. The lowest BCUT2D eigenvalue weighted by Gasteiger charge is -2.31. The molecule has 0 aliphatic carbocycles. The number of nitrogens with one attached hydrogen (secondary N) is 1. The second-order valence-electron chi connectivity index (χ2n) is 5.10. The molecule has 0 radical (unpaired) electrons. The van der Waals surface area contributed by atoms with Crippen LogP contribution in [0.25, 0.3) is 0 Å². The number of hydrogen-bond donors (Lipinski definition) is 1. The molecule has 4 heteroatoms. The van der Waals surface area contributed by atoms with Gasteiger partial charge in [0.05, 0.1) is 12.6 Å². The molecule has 1 aliphatic heterocycles. The van der Waals surface area contributed by atoms with Crippen molar-refractivity contribution in [1.29, 1.82) is 0 Å². The zero-order chi connectivity index (χ0) is 12.3. The molecule has 17 heavy (non-hydrogen) atoms. The van der Waals surface area contributed by atoms with Gasteiger partial charge in [0.25, 0.3) is 0 Å². The first-order chi connectivity index (χ1) is 8.16. The monoisotopic (exact) mass is 254 g/mol. The van der Waals surface area contributed by atoms with Crippen molar-refractivity contribution in [3.05, 3.63) is 16.1 Å². The van der Waals surface area contributed by atoms with E-state index in [1.807, 2.05) is 0 Å². The van der Waals surface area contributed by atoms with Crippen LogP contribution in [0.2, 0.25) is 0 Å². The Morgan fingerprint density at radius 3 is 2.88 bits per heavy atom. The maximum atomic E-state index is 5.61. The summed E-state index contributed by atoms with van der Waals surface area (Å²) >= 11 is 1.76. The zero-order valence-electron chi connectivity index (χ0n) is 10.9. The second-order valence-corrected chi connectivity index (χ2v) is 5.99. The molecule has 96 valence electrons. The van der Waals surface area contributed by atoms with Crippen molar-refractivity contribution in [3.8, 4) is 0 Å². The van der Waals surface area contributed by atoms with Crippen LogP contribution in [0.5, 0.6) is 0 Å². The molecule has 1 saturated heterocycles. The third-order valence-electron chi connectivity index (χ3n) is 3.08. The summed E-state index contributed by atoms with van der Waals surface area (Å²) in [5.41, 5.74) is 1.12. The highest BCUT2D eigenvalue weighted by Crippen LogP contribution is 2.31. The minimum absolute atomic E-state index is 0.356. The van der Waals surface area contributed by atoms with Crippen molar-refractivity contribution in [2.45, 2.75) is 45.7 Å². The van der Waals surface area contributed by atoms with Gasteiger partial charge < -0.3 is 10.1 Å². The molecule has 1 N–H and O–H groups in total. The number of nitrogens with zero attached hydrogens (tertiary/aromatic N) is 1. The minimum Gasteiger partial charge on any atom is -0.381 e. The van der Waals surface area contributed by atoms with Gasteiger partial charge in [-0.3, -0.25) is 0 Å². The number of rotatable bonds is 4. The van der Waals surface area contributed by atoms with E-state index in [4.69, 9.17) is 4.74 Å². The Hall–Kier alpha value is -0.450. The molecular formula is C13H22N2OS. The van der Waals surface area contributed by atoms with Gasteiger partial charge in [0.1, 0.15) is 5.01 Å². The molecule has 0 spiro atoms. The topological polar surface area (TPSA) is 34.1 Å². The van der Waals surface area contributed by atoms with E-state index in [9.17, 15) is 0 Å². The first-order valence-corrected chi connectivity index (χ1v) is 7.30. The molecule has 0 aromatic carbocycles. The zero-order valence-corrected chi connectivity index (χ0v) is 11.7. The average molecular weight is 254 g/mol. The summed E-state index contributed by atoms with van der Waals surface area (Å²) in [6.07, 6.45) is 2.41. The van der Waals surface area contributed by atoms with E-state index in [0.717, 1.165) is 18.9 Å². The lowest BCUT2D eigenvalue weighted by molar-refractivity contribution is 0.0376. The lowest BCUT2D eigenvalue weighted by Crippen LogP contribution is -2.37. The van der Waals surface area contributed by atoms with Gasteiger partial charge >= 0.3 is 0 Å². The molecule has 2 rings (SSSR count). The van der Waals surface area contributed by atoms with Crippen LogP contribution < -0.4 is 5.32 Å².